The number of anilines is 2. The molecular formula is C41H33N3O. The molecule has 0 aliphatic carbocycles. The van der Waals surface area contributed by atoms with Gasteiger partial charge >= 0.3 is 0 Å². The zero-order valence-corrected chi connectivity index (χ0v) is 25.6. The molecule has 1 aliphatic rings. The Labute approximate surface area is 262 Å². The van der Waals surface area contributed by atoms with Crippen LogP contribution in [0.25, 0.3) is 55.5 Å². The molecular weight excluding hydrogens is 550 g/mol. The van der Waals surface area contributed by atoms with E-state index in [2.05, 4.69) is 115 Å². The second kappa shape index (κ2) is 10.2. The number of para-hydroxylation sites is 1. The first-order valence-corrected chi connectivity index (χ1v) is 15.4. The molecule has 4 nitrogen and oxygen atoms in total. The van der Waals surface area contributed by atoms with Crippen molar-refractivity contribution < 1.29 is 4.42 Å². The van der Waals surface area contributed by atoms with Crippen LogP contribution in [0.1, 0.15) is 31.9 Å². The third-order valence-corrected chi connectivity index (χ3v) is 9.14. The van der Waals surface area contributed by atoms with Crippen LogP contribution in [0.4, 0.5) is 11.4 Å². The van der Waals surface area contributed by atoms with E-state index in [0.29, 0.717) is 5.89 Å². The summed E-state index contributed by atoms with van der Waals surface area (Å²) in [5.41, 5.74) is 12.8. The van der Waals surface area contributed by atoms with E-state index >= 15 is 0 Å². The Morgan fingerprint density at radius 2 is 1.56 bits per heavy atom. The molecule has 0 unspecified atom stereocenters. The highest BCUT2D eigenvalue weighted by Crippen LogP contribution is 2.51. The number of benzene rings is 5. The minimum atomic E-state index is -0.190. The van der Waals surface area contributed by atoms with E-state index in [0.717, 1.165) is 44.2 Å². The molecule has 1 N–H and O–H groups in total. The minimum absolute atomic E-state index is 0.190. The molecule has 2 aromatic heterocycles. The summed E-state index contributed by atoms with van der Waals surface area (Å²) >= 11 is 0. The predicted octanol–water partition coefficient (Wildman–Crippen LogP) is 11.2. The van der Waals surface area contributed by atoms with Crippen molar-refractivity contribution in [2.24, 2.45) is 0 Å². The van der Waals surface area contributed by atoms with Gasteiger partial charge in [-0.05, 0) is 95.9 Å². The average molecular weight is 584 g/mol. The summed E-state index contributed by atoms with van der Waals surface area (Å²) in [6.45, 7) is 10.8. The number of hydrogen-bond donors (Lipinski definition) is 1. The number of allylic oxidation sites excluding steroid dienone is 4. The first kappa shape index (κ1) is 27.0. The number of aromatic nitrogens is 2. The lowest BCUT2D eigenvalue weighted by atomic mass is 9.73. The second-order valence-corrected chi connectivity index (χ2v) is 12.1. The molecule has 0 saturated carbocycles. The number of H-pyrrole nitrogens is 1. The highest BCUT2D eigenvalue weighted by atomic mass is 16.3. The number of hydrogen-bond acceptors (Lipinski definition) is 3. The van der Waals surface area contributed by atoms with Crippen molar-refractivity contribution in [3.05, 3.63) is 151 Å². The van der Waals surface area contributed by atoms with Crippen LogP contribution in [0.2, 0.25) is 0 Å². The zero-order chi connectivity index (χ0) is 30.7. The second-order valence-electron chi connectivity index (χ2n) is 12.1. The fraction of sp³-hybridized carbons (Fsp3) is 0.0976. The number of nitrogens with zero attached hydrogens (tertiary/aromatic N) is 2. The van der Waals surface area contributed by atoms with Crippen LogP contribution in [0.3, 0.4) is 0 Å². The molecule has 7 aromatic rings. The summed E-state index contributed by atoms with van der Waals surface area (Å²) in [4.78, 5) is 10.7. The van der Waals surface area contributed by atoms with Crippen LogP contribution in [-0.4, -0.2) is 9.97 Å². The predicted molar refractivity (Wildman–Crippen MR) is 188 cm³/mol. The van der Waals surface area contributed by atoms with Crippen molar-refractivity contribution in [2.75, 3.05) is 4.90 Å². The lowest BCUT2D eigenvalue weighted by Gasteiger charge is -2.42. The maximum absolute atomic E-state index is 6.33. The van der Waals surface area contributed by atoms with Gasteiger partial charge in [0.2, 0.25) is 5.89 Å². The number of nitrogens with one attached hydrogen (secondary N) is 1. The first-order chi connectivity index (χ1) is 22.0. The third kappa shape index (κ3) is 4.17. The average Bonchev–Trinajstić information content (AvgIpc) is 3.68. The molecule has 0 radical (unpaired) electrons. The van der Waals surface area contributed by atoms with Crippen molar-refractivity contribution >= 4 is 44.3 Å². The van der Waals surface area contributed by atoms with Crippen molar-refractivity contribution in [2.45, 2.75) is 26.2 Å². The monoisotopic (exact) mass is 583 g/mol. The van der Waals surface area contributed by atoms with Crippen LogP contribution in [0.5, 0.6) is 0 Å². The van der Waals surface area contributed by atoms with Crippen LogP contribution in [0.15, 0.2) is 144 Å². The molecule has 0 fully saturated rings. The topological polar surface area (TPSA) is 45.1 Å². The van der Waals surface area contributed by atoms with Crippen LogP contribution >= 0.6 is 0 Å². The Morgan fingerprint density at radius 3 is 2.38 bits per heavy atom. The van der Waals surface area contributed by atoms with Gasteiger partial charge in [-0.15, -0.1) is 0 Å². The molecule has 4 heteroatoms. The number of rotatable bonds is 5. The van der Waals surface area contributed by atoms with Crippen LogP contribution in [0, 0.1) is 0 Å². The summed E-state index contributed by atoms with van der Waals surface area (Å²) in [5, 5.41) is 2.28. The Bertz CT molecular complexity index is 2330. The van der Waals surface area contributed by atoms with E-state index in [1.54, 1.807) is 0 Å². The molecule has 3 heterocycles. The van der Waals surface area contributed by atoms with Gasteiger partial charge in [-0.1, -0.05) is 81.1 Å². The van der Waals surface area contributed by atoms with Gasteiger partial charge in [-0.2, -0.15) is 0 Å². The maximum atomic E-state index is 6.33. The van der Waals surface area contributed by atoms with E-state index in [9.17, 15) is 0 Å². The van der Waals surface area contributed by atoms with Crippen LogP contribution < -0.4 is 4.90 Å². The van der Waals surface area contributed by atoms with Gasteiger partial charge in [0.25, 0.3) is 0 Å². The summed E-state index contributed by atoms with van der Waals surface area (Å²) in [6.07, 6.45) is 8.17. The Hall–Kier alpha value is -5.61. The Kier molecular flexibility index (Phi) is 6.14. The number of fused-ring (bicyclic) bond motifs is 7. The molecule has 0 amide bonds. The van der Waals surface area contributed by atoms with Crippen molar-refractivity contribution in [1.29, 1.82) is 0 Å². The standard InChI is InChI=1S/C41H33N3O/c1-5-7-15-29(6-2)44-36-17-12-11-16-32(36)41(3,4)33-25-28(19-23-37(33)44)27-18-21-34-31(24-27)30-20-22-35-39(38(30)42-34)45-40(43-35)26-13-9-8-10-14-26/h5-25,42H,2H2,1,3-4H3/b7-5-,29-15+. The summed E-state index contributed by atoms with van der Waals surface area (Å²) in [7, 11) is 0. The summed E-state index contributed by atoms with van der Waals surface area (Å²) < 4.78 is 6.33. The number of oxazole rings is 1. The largest absolute Gasteiger partial charge is 0.434 e. The van der Waals surface area contributed by atoms with E-state index in [-0.39, 0.29) is 5.41 Å². The van der Waals surface area contributed by atoms with Gasteiger partial charge < -0.3 is 14.3 Å². The SMILES string of the molecule is C=C/C(=C\C=C/C)N1c2ccccc2C(C)(C)c2cc(-c3ccc4[nH]c5c(ccc6nc(-c7ccccc7)oc65)c4c3)ccc21. The highest BCUT2D eigenvalue weighted by Gasteiger charge is 2.37. The van der Waals surface area contributed by atoms with Gasteiger partial charge in [0, 0.05) is 33.0 Å². The zero-order valence-electron chi connectivity index (χ0n) is 25.6. The van der Waals surface area contributed by atoms with E-state index in [4.69, 9.17) is 9.40 Å². The number of aromatic amines is 1. The van der Waals surface area contributed by atoms with Gasteiger partial charge in [0.05, 0.1) is 16.9 Å². The molecule has 8 rings (SSSR count). The molecule has 218 valence electrons. The quantitative estimate of drug-likeness (QED) is 0.205. The minimum Gasteiger partial charge on any atom is -0.434 e. The summed E-state index contributed by atoms with van der Waals surface area (Å²) in [6, 6.07) is 36.5. The van der Waals surface area contributed by atoms with Gasteiger partial charge in [-0.25, -0.2) is 4.98 Å². The van der Waals surface area contributed by atoms with Crippen molar-refractivity contribution in [1.82, 2.24) is 9.97 Å². The maximum Gasteiger partial charge on any atom is 0.227 e. The molecule has 0 spiro atoms. The van der Waals surface area contributed by atoms with Gasteiger partial charge in [-0.3, -0.25) is 0 Å². The fourth-order valence-corrected chi connectivity index (χ4v) is 6.83. The first-order valence-electron chi connectivity index (χ1n) is 15.4. The molecule has 5 aromatic carbocycles. The van der Waals surface area contributed by atoms with E-state index in [1.807, 2.05) is 49.4 Å². The Balaban J connectivity index is 1.27. The van der Waals surface area contributed by atoms with E-state index < -0.39 is 0 Å². The smallest absolute Gasteiger partial charge is 0.227 e. The van der Waals surface area contributed by atoms with Gasteiger partial charge in [0.1, 0.15) is 5.52 Å². The van der Waals surface area contributed by atoms with Crippen molar-refractivity contribution in [3.8, 4) is 22.6 Å². The molecule has 0 bridgehead atoms. The van der Waals surface area contributed by atoms with E-state index in [1.165, 1.54) is 33.6 Å². The lowest BCUT2D eigenvalue weighted by molar-refractivity contribution is 0.622. The third-order valence-electron chi connectivity index (χ3n) is 9.14. The normalized spacial score (nSPS) is 14.4. The van der Waals surface area contributed by atoms with Crippen molar-refractivity contribution in [3.63, 3.8) is 0 Å². The lowest BCUT2D eigenvalue weighted by Crippen LogP contribution is -2.32. The fourth-order valence-electron chi connectivity index (χ4n) is 6.83. The van der Waals surface area contributed by atoms with Crippen LogP contribution in [-0.2, 0) is 5.41 Å². The molecule has 45 heavy (non-hydrogen) atoms. The highest BCUT2D eigenvalue weighted by molar-refractivity contribution is 6.15. The molecule has 0 atom stereocenters. The Morgan fingerprint density at radius 1 is 0.800 bits per heavy atom. The van der Waals surface area contributed by atoms with Gasteiger partial charge in [0.15, 0.2) is 5.58 Å². The summed E-state index contributed by atoms with van der Waals surface area (Å²) in [5.74, 6) is 0.630. The molecule has 1 aliphatic heterocycles. The molecule has 0 saturated heterocycles.